The Kier molecular flexibility index (Phi) is 10.3. The summed E-state index contributed by atoms with van der Waals surface area (Å²) in [5.41, 5.74) is 5.81. The Balaban J connectivity index is 1.18. The summed E-state index contributed by atoms with van der Waals surface area (Å²) in [7, 11) is -5.77. The SMILES string of the molecule is N#Cc1ccccc1-c1cc(-c2cccc3c2Oc2ccccc2[Si]3(c2ccccc2)c2ccccc2)cc(-c2cccc([Si](c3ccccc3)(c3ccccc3)c3ccccc3)c2)n1. The molecule has 0 aliphatic carbocycles. The van der Waals surface area contributed by atoms with Gasteiger partial charge in [0.25, 0.3) is 0 Å². The highest BCUT2D eigenvalue weighted by molar-refractivity contribution is 7.21. The smallest absolute Gasteiger partial charge is 0.188 e. The van der Waals surface area contributed by atoms with Crippen LogP contribution < -0.4 is 46.2 Å². The monoisotopic (exact) mass is 862 g/mol. The average Bonchev–Trinajstić information content (AvgIpc) is 3.39. The lowest BCUT2D eigenvalue weighted by atomic mass is 9.97. The standard InChI is InChI=1S/C60H42N2OSi2/c61-43-45-22-16-17-35-53(45)56-42-46(54-36-21-39-59-60(54)63-57-37-18-19-38-58(57)65(59,50-30-12-4-13-31-50)51-32-14-5-15-33-51)41-55(62-56)44-23-20-34-52(40-44)64(47-24-6-1-7-25-47,48-26-8-2-9-27-48)49-28-10-3-11-29-49/h1-42H. The Bertz CT molecular complexity index is 3220. The minimum Gasteiger partial charge on any atom is -0.457 e. The number of nitriles is 1. The van der Waals surface area contributed by atoms with Gasteiger partial charge < -0.3 is 4.74 Å². The molecule has 9 aromatic carbocycles. The Hall–Kier alpha value is -8.15. The van der Waals surface area contributed by atoms with Crippen LogP contribution in [-0.4, -0.2) is 21.1 Å². The van der Waals surface area contributed by atoms with Crippen molar-refractivity contribution >= 4 is 57.6 Å². The molecule has 306 valence electrons. The van der Waals surface area contributed by atoms with Crippen molar-refractivity contribution in [1.29, 1.82) is 5.26 Å². The van der Waals surface area contributed by atoms with Crippen molar-refractivity contribution in [2.24, 2.45) is 0 Å². The third-order valence-corrected chi connectivity index (χ3v) is 22.6. The normalized spacial score (nSPS) is 12.5. The van der Waals surface area contributed by atoms with Crippen molar-refractivity contribution in [2.45, 2.75) is 0 Å². The number of ether oxygens (including phenoxy) is 1. The molecule has 0 fully saturated rings. The Labute approximate surface area is 382 Å². The fourth-order valence-electron chi connectivity index (χ4n) is 10.2. The van der Waals surface area contributed by atoms with E-state index in [2.05, 4.69) is 237 Å². The Morgan fingerprint density at radius 1 is 0.400 bits per heavy atom. The first kappa shape index (κ1) is 39.7. The molecular formula is C60H42N2OSi2. The van der Waals surface area contributed by atoms with E-state index in [1.807, 2.05) is 24.3 Å². The van der Waals surface area contributed by atoms with Gasteiger partial charge >= 0.3 is 0 Å². The second-order valence-electron chi connectivity index (χ2n) is 16.5. The number of hydrogen-bond acceptors (Lipinski definition) is 3. The topological polar surface area (TPSA) is 45.9 Å². The molecular weight excluding hydrogens is 821 g/mol. The molecule has 0 amide bonds. The molecule has 2 heterocycles. The van der Waals surface area contributed by atoms with Crippen LogP contribution in [0, 0.1) is 11.3 Å². The lowest BCUT2D eigenvalue weighted by Gasteiger charge is -2.40. The fraction of sp³-hybridized carbons (Fsp3) is 0. The molecule has 0 saturated heterocycles. The highest BCUT2D eigenvalue weighted by Gasteiger charge is 2.48. The van der Waals surface area contributed by atoms with Crippen LogP contribution in [0.5, 0.6) is 11.5 Å². The van der Waals surface area contributed by atoms with Gasteiger partial charge in [-0.15, -0.1) is 0 Å². The first-order chi connectivity index (χ1) is 32.2. The number of nitrogens with zero attached hydrogens (tertiary/aromatic N) is 2. The second kappa shape index (κ2) is 16.9. The van der Waals surface area contributed by atoms with Crippen LogP contribution in [0.2, 0.25) is 0 Å². The molecule has 0 bridgehead atoms. The molecule has 3 nitrogen and oxygen atoms in total. The van der Waals surface area contributed by atoms with Crippen LogP contribution in [0.3, 0.4) is 0 Å². The van der Waals surface area contributed by atoms with Gasteiger partial charge in [-0.2, -0.15) is 5.26 Å². The summed E-state index contributed by atoms with van der Waals surface area (Å²) < 4.78 is 7.18. The zero-order valence-electron chi connectivity index (χ0n) is 35.6. The highest BCUT2D eigenvalue weighted by atomic mass is 28.3. The van der Waals surface area contributed by atoms with Gasteiger partial charge in [0, 0.05) is 16.7 Å². The number of fused-ring (bicyclic) bond motifs is 2. The van der Waals surface area contributed by atoms with E-state index < -0.39 is 16.1 Å². The molecule has 0 spiro atoms. The van der Waals surface area contributed by atoms with E-state index in [9.17, 15) is 5.26 Å². The number of aromatic nitrogens is 1. The fourth-order valence-corrected chi connectivity index (χ4v) is 20.0. The molecule has 11 rings (SSSR count). The van der Waals surface area contributed by atoms with E-state index in [1.165, 1.54) is 41.5 Å². The third kappa shape index (κ3) is 6.67. The third-order valence-electron chi connectivity index (χ3n) is 13.0. The van der Waals surface area contributed by atoms with Crippen molar-refractivity contribution in [3.05, 3.63) is 260 Å². The zero-order chi connectivity index (χ0) is 43.6. The summed E-state index contributed by atoms with van der Waals surface area (Å²) in [6, 6.07) is 93.7. The molecule has 0 saturated carbocycles. The molecule has 1 aliphatic rings. The minimum absolute atomic E-state index is 0.570. The van der Waals surface area contributed by atoms with Gasteiger partial charge in [-0.3, -0.25) is 0 Å². The van der Waals surface area contributed by atoms with E-state index in [1.54, 1.807) is 0 Å². The van der Waals surface area contributed by atoms with Crippen molar-refractivity contribution in [1.82, 2.24) is 4.98 Å². The summed E-state index contributed by atoms with van der Waals surface area (Å²) in [5.74, 6) is 1.72. The number of pyridine rings is 1. The van der Waals surface area contributed by atoms with E-state index in [4.69, 9.17) is 9.72 Å². The highest BCUT2D eigenvalue weighted by Crippen LogP contribution is 2.40. The van der Waals surface area contributed by atoms with Crippen molar-refractivity contribution in [3.8, 4) is 51.2 Å². The first-order valence-corrected chi connectivity index (χ1v) is 26.0. The molecule has 65 heavy (non-hydrogen) atoms. The molecule has 10 aromatic rings. The predicted molar refractivity (Wildman–Crippen MR) is 273 cm³/mol. The largest absolute Gasteiger partial charge is 0.457 e. The average molecular weight is 863 g/mol. The number of hydrogen-bond donors (Lipinski definition) is 0. The van der Waals surface area contributed by atoms with Gasteiger partial charge in [0.1, 0.15) is 11.5 Å². The van der Waals surface area contributed by atoms with Crippen molar-refractivity contribution < 1.29 is 4.74 Å². The second-order valence-corrected chi connectivity index (χ2v) is 24.0. The molecule has 5 heteroatoms. The molecule has 0 unspecified atom stereocenters. The first-order valence-electron chi connectivity index (χ1n) is 22.0. The molecule has 1 aliphatic heterocycles. The number of benzene rings is 9. The maximum atomic E-state index is 10.4. The zero-order valence-corrected chi connectivity index (χ0v) is 37.6. The molecule has 1 aromatic heterocycles. The van der Waals surface area contributed by atoms with Gasteiger partial charge in [0.2, 0.25) is 0 Å². The van der Waals surface area contributed by atoms with Crippen molar-refractivity contribution in [3.63, 3.8) is 0 Å². The maximum absolute atomic E-state index is 10.4. The van der Waals surface area contributed by atoms with Crippen LogP contribution in [0.25, 0.3) is 33.6 Å². The van der Waals surface area contributed by atoms with Gasteiger partial charge in [-0.25, -0.2) is 4.98 Å². The summed E-state index contributed by atoms with van der Waals surface area (Å²) >= 11 is 0. The molecule has 0 radical (unpaired) electrons. The molecule has 0 N–H and O–H groups in total. The lowest BCUT2D eigenvalue weighted by Crippen LogP contribution is -2.76. The summed E-state index contributed by atoms with van der Waals surface area (Å²) in [6.45, 7) is 0. The van der Waals surface area contributed by atoms with E-state index in [-0.39, 0.29) is 0 Å². The quantitative estimate of drug-likeness (QED) is 0.108. The Morgan fingerprint density at radius 3 is 1.49 bits per heavy atom. The predicted octanol–water partition coefficient (Wildman–Crippen LogP) is 8.81. The lowest BCUT2D eigenvalue weighted by molar-refractivity contribution is 0.489. The van der Waals surface area contributed by atoms with Crippen LogP contribution >= 0.6 is 0 Å². The van der Waals surface area contributed by atoms with E-state index >= 15 is 0 Å². The van der Waals surface area contributed by atoms with Gasteiger partial charge in [0.15, 0.2) is 16.1 Å². The van der Waals surface area contributed by atoms with Crippen LogP contribution in [0.15, 0.2) is 255 Å². The minimum atomic E-state index is -2.91. The van der Waals surface area contributed by atoms with E-state index in [0.717, 1.165) is 45.1 Å². The number of para-hydroxylation sites is 2. The molecule has 0 atom stereocenters. The summed E-state index contributed by atoms with van der Waals surface area (Å²) in [5, 5.41) is 20.6. The summed E-state index contributed by atoms with van der Waals surface area (Å²) in [4.78, 5) is 5.45. The van der Waals surface area contributed by atoms with Crippen LogP contribution in [-0.2, 0) is 0 Å². The summed E-state index contributed by atoms with van der Waals surface area (Å²) in [6.07, 6.45) is 0. The van der Waals surface area contributed by atoms with Gasteiger partial charge in [0.05, 0.1) is 23.0 Å². The van der Waals surface area contributed by atoms with Gasteiger partial charge in [-0.05, 0) is 71.3 Å². The van der Waals surface area contributed by atoms with E-state index in [0.29, 0.717) is 5.56 Å². The van der Waals surface area contributed by atoms with Crippen molar-refractivity contribution in [2.75, 3.05) is 0 Å². The van der Waals surface area contributed by atoms with Gasteiger partial charge in [-0.1, -0.05) is 231 Å². The number of rotatable bonds is 9. The van der Waals surface area contributed by atoms with Crippen LogP contribution in [0.1, 0.15) is 5.56 Å². The maximum Gasteiger partial charge on any atom is 0.188 e. The van der Waals surface area contributed by atoms with Crippen LogP contribution in [0.4, 0.5) is 0 Å². The Morgan fingerprint density at radius 2 is 0.877 bits per heavy atom.